The van der Waals surface area contributed by atoms with Gasteiger partial charge in [-0.2, -0.15) is 0 Å². The van der Waals surface area contributed by atoms with Crippen molar-refractivity contribution in [3.8, 4) is 0 Å². The fourth-order valence-electron chi connectivity index (χ4n) is 1.43. The number of nitrogens with two attached hydrogens (primary N) is 1. The van der Waals surface area contributed by atoms with Gasteiger partial charge in [0.05, 0.1) is 16.6 Å². The van der Waals surface area contributed by atoms with Crippen molar-refractivity contribution in [3.05, 3.63) is 28.8 Å². The molecule has 20 heavy (non-hydrogen) atoms. The molecule has 0 fully saturated rings. The smallest absolute Gasteiger partial charge is 0.252 e. The zero-order chi connectivity index (χ0) is 15.3. The van der Waals surface area contributed by atoms with Crippen molar-refractivity contribution in [1.82, 2.24) is 5.32 Å². The number of hydrogen-bond donors (Lipinski definition) is 3. The van der Waals surface area contributed by atoms with Crippen molar-refractivity contribution in [2.45, 2.75) is 26.8 Å². The van der Waals surface area contributed by atoms with Crippen molar-refractivity contribution in [1.29, 1.82) is 0 Å². The molecule has 0 heterocycles. The molecule has 6 heteroatoms. The van der Waals surface area contributed by atoms with Crippen LogP contribution in [0.5, 0.6) is 0 Å². The number of nitrogens with one attached hydrogen (secondary N) is 2. The van der Waals surface area contributed by atoms with Crippen molar-refractivity contribution < 1.29 is 9.59 Å². The minimum Gasteiger partial charge on any atom is -0.352 e. The Morgan fingerprint density at radius 2 is 1.95 bits per heavy atom. The van der Waals surface area contributed by atoms with E-state index in [0.717, 1.165) is 0 Å². The third-order valence-electron chi connectivity index (χ3n) is 2.57. The third kappa shape index (κ3) is 4.83. The van der Waals surface area contributed by atoms with Crippen LogP contribution in [0.1, 0.15) is 31.1 Å². The molecule has 0 aromatic heterocycles. The minimum absolute atomic E-state index is 0.228. The molecule has 0 unspecified atom stereocenters. The van der Waals surface area contributed by atoms with E-state index in [0.29, 0.717) is 23.7 Å². The number of amides is 2. The Morgan fingerprint density at radius 1 is 1.30 bits per heavy atom. The fourth-order valence-corrected chi connectivity index (χ4v) is 1.69. The summed E-state index contributed by atoms with van der Waals surface area (Å²) < 4.78 is 0. The van der Waals surface area contributed by atoms with Gasteiger partial charge in [0.15, 0.2) is 0 Å². The van der Waals surface area contributed by atoms with E-state index < -0.39 is 6.04 Å². The van der Waals surface area contributed by atoms with Crippen molar-refractivity contribution in [3.63, 3.8) is 0 Å². The number of benzene rings is 1. The van der Waals surface area contributed by atoms with Gasteiger partial charge in [0, 0.05) is 12.2 Å². The van der Waals surface area contributed by atoms with Crippen LogP contribution in [0.4, 0.5) is 5.69 Å². The average Bonchev–Trinajstić information content (AvgIpc) is 2.35. The molecule has 0 aliphatic rings. The normalized spacial score (nSPS) is 12.1. The number of carbonyl (C=O) groups is 2. The van der Waals surface area contributed by atoms with Crippen LogP contribution >= 0.6 is 11.6 Å². The average molecular weight is 298 g/mol. The largest absolute Gasteiger partial charge is 0.352 e. The summed E-state index contributed by atoms with van der Waals surface area (Å²) in [5, 5.41) is 5.69. The van der Waals surface area contributed by atoms with Crippen LogP contribution in [0.15, 0.2) is 18.2 Å². The second-order valence-corrected chi connectivity index (χ2v) is 5.48. The van der Waals surface area contributed by atoms with Gasteiger partial charge < -0.3 is 16.4 Å². The highest BCUT2D eigenvalue weighted by Gasteiger charge is 2.13. The maximum atomic E-state index is 11.9. The van der Waals surface area contributed by atoms with E-state index in [-0.39, 0.29) is 16.8 Å². The molecule has 5 nitrogen and oxygen atoms in total. The van der Waals surface area contributed by atoms with Crippen molar-refractivity contribution in [2.75, 3.05) is 11.9 Å². The molecule has 0 aliphatic heterocycles. The van der Waals surface area contributed by atoms with Crippen LogP contribution in [0.2, 0.25) is 5.02 Å². The van der Waals surface area contributed by atoms with Gasteiger partial charge in [0.2, 0.25) is 5.91 Å². The monoisotopic (exact) mass is 297 g/mol. The highest BCUT2D eigenvalue weighted by Crippen LogP contribution is 2.21. The predicted molar refractivity (Wildman–Crippen MR) is 80.9 cm³/mol. The van der Waals surface area contributed by atoms with E-state index in [9.17, 15) is 9.59 Å². The van der Waals surface area contributed by atoms with Gasteiger partial charge >= 0.3 is 0 Å². The predicted octanol–water partition coefficient (Wildman–Crippen LogP) is 2.01. The zero-order valence-electron chi connectivity index (χ0n) is 11.9. The Balaban J connectivity index is 2.77. The van der Waals surface area contributed by atoms with E-state index >= 15 is 0 Å². The molecule has 0 saturated heterocycles. The molecule has 0 radical (unpaired) electrons. The molecule has 0 bridgehead atoms. The SMILES string of the molecule is CC(C)CNC(=O)c1ccc(NC(=O)[C@H](C)N)cc1Cl. The summed E-state index contributed by atoms with van der Waals surface area (Å²) in [6, 6.07) is 4.12. The Labute approximate surface area is 123 Å². The van der Waals surface area contributed by atoms with Gasteiger partial charge in [0.1, 0.15) is 0 Å². The minimum atomic E-state index is -0.609. The van der Waals surface area contributed by atoms with E-state index in [4.69, 9.17) is 17.3 Å². The maximum absolute atomic E-state index is 11.9. The lowest BCUT2D eigenvalue weighted by atomic mass is 10.1. The fraction of sp³-hybridized carbons (Fsp3) is 0.429. The molecule has 0 aliphatic carbocycles. The maximum Gasteiger partial charge on any atom is 0.252 e. The van der Waals surface area contributed by atoms with Crippen LogP contribution < -0.4 is 16.4 Å². The van der Waals surface area contributed by atoms with Gasteiger partial charge in [-0.3, -0.25) is 9.59 Å². The third-order valence-corrected chi connectivity index (χ3v) is 2.88. The first-order chi connectivity index (χ1) is 9.31. The number of rotatable bonds is 5. The van der Waals surface area contributed by atoms with Crippen LogP contribution in [-0.2, 0) is 4.79 Å². The standard InChI is InChI=1S/C14H20ClN3O2/c1-8(2)7-17-14(20)11-5-4-10(6-12(11)15)18-13(19)9(3)16/h4-6,8-9H,7,16H2,1-3H3,(H,17,20)(H,18,19)/t9-/m0/s1. The molecule has 1 aromatic rings. The van der Waals surface area contributed by atoms with Crippen LogP contribution in [0.25, 0.3) is 0 Å². The van der Waals surface area contributed by atoms with Gasteiger partial charge in [-0.1, -0.05) is 25.4 Å². The highest BCUT2D eigenvalue weighted by molar-refractivity contribution is 6.34. The molecule has 0 spiro atoms. The first kappa shape index (κ1) is 16.5. The van der Waals surface area contributed by atoms with E-state index in [1.54, 1.807) is 19.1 Å². The molecule has 1 aromatic carbocycles. The quantitative estimate of drug-likeness (QED) is 0.777. The second kappa shape index (κ2) is 7.26. The summed E-state index contributed by atoms with van der Waals surface area (Å²) >= 11 is 6.06. The Kier molecular flexibility index (Phi) is 5.98. The van der Waals surface area contributed by atoms with Crippen LogP contribution in [0.3, 0.4) is 0 Å². The molecule has 1 rings (SSSR count). The summed E-state index contributed by atoms with van der Waals surface area (Å²) in [6.07, 6.45) is 0. The number of carbonyl (C=O) groups excluding carboxylic acids is 2. The first-order valence-corrected chi connectivity index (χ1v) is 6.83. The van der Waals surface area contributed by atoms with Gasteiger partial charge in [-0.15, -0.1) is 0 Å². The van der Waals surface area contributed by atoms with E-state index in [2.05, 4.69) is 10.6 Å². The lowest BCUT2D eigenvalue weighted by Crippen LogP contribution is -2.32. The van der Waals surface area contributed by atoms with Crippen molar-refractivity contribution in [2.24, 2.45) is 11.7 Å². The lowest BCUT2D eigenvalue weighted by Gasteiger charge is -2.11. The summed E-state index contributed by atoms with van der Waals surface area (Å²) in [5.41, 5.74) is 6.35. The summed E-state index contributed by atoms with van der Waals surface area (Å²) in [5.74, 6) is -0.172. The second-order valence-electron chi connectivity index (χ2n) is 5.08. The molecule has 4 N–H and O–H groups in total. The molecular weight excluding hydrogens is 278 g/mol. The van der Waals surface area contributed by atoms with Crippen LogP contribution in [-0.4, -0.2) is 24.4 Å². The Morgan fingerprint density at radius 3 is 2.45 bits per heavy atom. The molecule has 110 valence electrons. The molecule has 1 atom stereocenters. The molecular formula is C14H20ClN3O2. The summed E-state index contributed by atoms with van der Waals surface area (Å²) in [6.45, 7) is 6.19. The zero-order valence-corrected chi connectivity index (χ0v) is 12.6. The van der Waals surface area contributed by atoms with Crippen molar-refractivity contribution >= 4 is 29.1 Å². The van der Waals surface area contributed by atoms with Gasteiger partial charge in [0.25, 0.3) is 5.91 Å². The lowest BCUT2D eigenvalue weighted by molar-refractivity contribution is -0.117. The van der Waals surface area contributed by atoms with Gasteiger partial charge in [-0.05, 0) is 31.0 Å². The summed E-state index contributed by atoms with van der Waals surface area (Å²) in [4.78, 5) is 23.4. The Bertz CT molecular complexity index is 501. The first-order valence-electron chi connectivity index (χ1n) is 6.45. The highest BCUT2D eigenvalue weighted by atomic mass is 35.5. The van der Waals surface area contributed by atoms with Crippen LogP contribution in [0, 0.1) is 5.92 Å². The number of hydrogen-bond acceptors (Lipinski definition) is 3. The molecule has 0 saturated carbocycles. The van der Waals surface area contributed by atoms with E-state index in [1.165, 1.54) is 6.07 Å². The Hall–Kier alpha value is -1.59. The van der Waals surface area contributed by atoms with Gasteiger partial charge in [-0.25, -0.2) is 0 Å². The molecule has 2 amide bonds. The topological polar surface area (TPSA) is 84.2 Å². The summed E-state index contributed by atoms with van der Waals surface area (Å²) in [7, 11) is 0. The number of halogens is 1. The number of anilines is 1. The van der Waals surface area contributed by atoms with E-state index in [1.807, 2.05) is 13.8 Å².